The van der Waals surface area contributed by atoms with Crippen molar-refractivity contribution in [3.63, 3.8) is 0 Å². The van der Waals surface area contributed by atoms with Crippen molar-refractivity contribution in [1.29, 1.82) is 0 Å². The molecule has 0 unspecified atom stereocenters. The molecule has 0 spiro atoms. The highest BCUT2D eigenvalue weighted by Crippen LogP contribution is 2.41. The predicted molar refractivity (Wildman–Crippen MR) is 149 cm³/mol. The van der Waals surface area contributed by atoms with Crippen LogP contribution in [0.25, 0.3) is 6.08 Å². The van der Waals surface area contributed by atoms with Gasteiger partial charge in [0.05, 0.1) is 25.6 Å². The normalized spacial score (nSPS) is 14.8. The number of hydrogen-bond donors (Lipinski definition) is 0. The average molecular weight is 624 g/mol. The van der Waals surface area contributed by atoms with E-state index in [0.717, 1.165) is 23.5 Å². The van der Waals surface area contributed by atoms with Crippen LogP contribution in [-0.4, -0.2) is 29.2 Å². The second-order valence-electron chi connectivity index (χ2n) is 8.16. The first-order valence-corrected chi connectivity index (χ1v) is 12.8. The van der Waals surface area contributed by atoms with Crippen molar-refractivity contribution in [2.75, 3.05) is 23.9 Å². The number of halogens is 4. The summed E-state index contributed by atoms with van der Waals surface area (Å²) in [6.45, 7) is 0. The molecular formula is C25H17BrF3N3O4S2. The highest BCUT2D eigenvalue weighted by atomic mass is 79.9. The Labute approximate surface area is 233 Å². The number of nitro groups is 1. The lowest BCUT2D eigenvalue weighted by Crippen LogP contribution is -2.27. The fourth-order valence-corrected chi connectivity index (χ4v) is 5.25. The quantitative estimate of drug-likeness (QED) is 0.121. The largest absolute Gasteiger partial charge is 0.449 e. The van der Waals surface area contributed by atoms with E-state index in [-0.39, 0.29) is 17.4 Å². The molecule has 1 amide bonds. The summed E-state index contributed by atoms with van der Waals surface area (Å²) in [5, 5.41) is 11.3. The number of ether oxygens (including phenoxy) is 1. The number of carbonyl (C=O) groups excluding carboxylic acids is 1. The molecule has 1 aliphatic heterocycles. The number of thiocarbonyl (C=S) groups is 1. The van der Waals surface area contributed by atoms with Gasteiger partial charge in [0, 0.05) is 25.8 Å². The molecule has 1 saturated heterocycles. The van der Waals surface area contributed by atoms with Gasteiger partial charge in [0.25, 0.3) is 5.91 Å². The summed E-state index contributed by atoms with van der Waals surface area (Å²) in [5.41, 5.74) is 0.248. The first kappa shape index (κ1) is 27.6. The molecule has 1 heterocycles. The van der Waals surface area contributed by atoms with E-state index >= 15 is 0 Å². The molecule has 0 atom stereocenters. The van der Waals surface area contributed by atoms with Crippen LogP contribution in [-0.2, 0) is 11.0 Å². The van der Waals surface area contributed by atoms with Crippen LogP contribution < -0.4 is 14.5 Å². The minimum Gasteiger partial charge on any atom is -0.449 e. The zero-order chi connectivity index (χ0) is 27.8. The Kier molecular flexibility index (Phi) is 7.81. The third-order valence-corrected chi connectivity index (χ3v) is 7.30. The minimum absolute atomic E-state index is 0.138. The Morgan fingerprint density at radius 3 is 2.32 bits per heavy atom. The predicted octanol–water partition coefficient (Wildman–Crippen LogP) is 7.64. The van der Waals surface area contributed by atoms with Crippen LogP contribution in [0, 0.1) is 10.1 Å². The molecule has 0 bridgehead atoms. The maximum Gasteiger partial charge on any atom is 0.416 e. The zero-order valence-corrected chi connectivity index (χ0v) is 22.9. The second kappa shape index (κ2) is 10.8. The van der Waals surface area contributed by atoms with Crippen molar-refractivity contribution < 1.29 is 27.6 Å². The van der Waals surface area contributed by atoms with E-state index in [2.05, 4.69) is 15.9 Å². The molecule has 38 heavy (non-hydrogen) atoms. The SMILES string of the molecule is CN(C)c1ccc(N2C(=O)/C(=C\c3ccc(Oc4ccc(C(F)(F)F)cc4[N+](=O)[O-])c(Br)c3)SC2=S)cc1. The van der Waals surface area contributed by atoms with Crippen LogP contribution in [0.1, 0.15) is 11.1 Å². The van der Waals surface area contributed by atoms with Crippen molar-refractivity contribution in [3.8, 4) is 11.5 Å². The molecule has 1 aliphatic rings. The van der Waals surface area contributed by atoms with Gasteiger partial charge in [-0.2, -0.15) is 13.2 Å². The summed E-state index contributed by atoms with van der Waals surface area (Å²) in [7, 11) is 3.83. The van der Waals surface area contributed by atoms with Crippen molar-refractivity contribution in [2.24, 2.45) is 0 Å². The van der Waals surface area contributed by atoms with E-state index in [0.29, 0.717) is 37.1 Å². The molecule has 0 aliphatic carbocycles. The molecular weight excluding hydrogens is 607 g/mol. The molecule has 3 aromatic rings. The Morgan fingerprint density at radius 1 is 1.08 bits per heavy atom. The molecule has 4 rings (SSSR count). The van der Waals surface area contributed by atoms with E-state index in [1.54, 1.807) is 18.2 Å². The monoisotopic (exact) mass is 623 g/mol. The number of nitrogens with zero attached hydrogens (tertiary/aromatic N) is 3. The van der Waals surface area contributed by atoms with E-state index in [1.165, 1.54) is 11.0 Å². The third kappa shape index (κ3) is 5.84. The van der Waals surface area contributed by atoms with Gasteiger partial charge in [-0.1, -0.05) is 30.0 Å². The summed E-state index contributed by atoms with van der Waals surface area (Å²) < 4.78 is 45.2. The van der Waals surface area contributed by atoms with Gasteiger partial charge in [-0.3, -0.25) is 19.8 Å². The fraction of sp³-hybridized carbons (Fsp3) is 0.120. The van der Waals surface area contributed by atoms with E-state index in [1.807, 2.05) is 43.3 Å². The highest BCUT2D eigenvalue weighted by molar-refractivity contribution is 9.10. The van der Waals surface area contributed by atoms with E-state index in [4.69, 9.17) is 17.0 Å². The van der Waals surface area contributed by atoms with Crippen LogP contribution in [0.5, 0.6) is 11.5 Å². The Morgan fingerprint density at radius 2 is 1.74 bits per heavy atom. The number of anilines is 2. The maximum absolute atomic E-state index is 13.1. The molecule has 0 aromatic heterocycles. The van der Waals surface area contributed by atoms with Gasteiger partial charge < -0.3 is 9.64 Å². The molecule has 196 valence electrons. The summed E-state index contributed by atoms with van der Waals surface area (Å²) in [6, 6.07) is 14.1. The van der Waals surface area contributed by atoms with Gasteiger partial charge in [-0.15, -0.1) is 0 Å². The Hall–Kier alpha value is -3.42. The third-order valence-electron chi connectivity index (χ3n) is 5.37. The summed E-state index contributed by atoms with van der Waals surface area (Å²) >= 11 is 9.89. The highest BCUT2D eigenvalue weighted by Gasteiger charge is 2.34. The Bertz CT molecular complexity index is 1480. The van der Waals surface area contributed by atoms with Crippen LogP contribution in [0.15, 0.2) is 70.0 Å². The fourth-order valence-electron chi connectivity index (χ4n) is 3.47. The van der Waals surface area contributed by atoms with Crippen LogP contribution in [0.2, 0.25) is 0 Å². The van der Waals surface area contributed by atoms with Gasteiger partial charge in [0.15, 0.2) is 4.32 Å². The van der Waals surface area contributed by atoms with E-state index < -0.39 is 22.4 Å². The number of alkyl halides is 3. The van der Waals surface area contributed by atoms with Crippen molar-refractivity contribution in [3.05, 3.63) is 91.3 Å². The van der Waals surface area contributed by atoms with Gasteiger partial charge in [-0.25, -0.2) is 0 Å². The standard InChI is InChI=1S/C25H17BrF3N3O4S2/c1-30(2)16-5-7-17(8-6-16)31-23(33)22(38-24(31)37)12-14-3-9-20(18(26)11-14)36-21-10-4-15(25(27,28)29)13-19(21)32(34)35/h3-13H,1-2H3/b22-12+. The lowest BCUT2D eigenvalue weighted by Gasteiger charge is -2.17. The number of hydrogen-bond acceptors (Lipinski definition) is 7. The number of benzene rings is 3. The molecule has 7 nitrogen and oxygen atoms in total. The number of nitro benzene ring substituents is 1. The molecule has 13 heteroatoms. The van der Waals surface area contributed by atoms with Crippen molar-refractivity contribution in [2.45, 2.75) is 6.18 Å². The first-order chi connectivity index (χ1) is 17.8. The summed E-state index contributed by atoms with van der Waals surface area (Å²) in [5.74, 6) is -0.495. The first-order valence-electron chi connectivity index (χ1n) is 10.7. The number of thioether (sulfide) groups is 1. The average Bonchev–Trinajstić information content (AvgIpc) is 3.12. The van der Waals surface area contributed by atoms with Crippen LogP contribution in [0.3, 0.4) is 0 Å². The lowest BCUT2D eigenvalue weighted by molar-refractivity contribution is -0.385. The Balaban J connectivity index is 1.56. The van der Waals surface area contributed by atoms with Gasteiger partial charge in [0.1, 0.15) is 5.75 Å². The minimum atomic E-state index is -4.73. The molecule has 3 aromatic carbocycles. The van der Waals surface area contributed by atoms with Crippen molar-refractivity contribution in [1.82, 2.24) is 0 Å². The van der Waals surface area contributed by atoms with Gasteiger partial charge in [0.2, 0.25) is 5.75 Å². The lowest BCUT2D eigenvalue weighted by atomic mass is 10.1. The molecule has 1 fully saturated rings. The molecule has 0 N–H and O–H groups in total. The number of amides is 1. The van der Waals surface area contributed by atoms with Crippen LogP contribution >= 0.6 is 39.9 Å². The topological polar surface area (TPSA) is 75.9 Å². The maximum atomic E-state index is 13.1. The van der Waals surface area contributed by atoms with Gasteiger partial charge >= 0.3 is 11.9 Å². The molecule has 0 saturated carbocycles. The second-order valence-corrected chi connectivity index (χ2v) is 10.7. The van der Waals surface area contributed by atoms with Crippen molar-refractivity contribution >= 4 is 73.3 Å². The number of rotatable bonds is 6. The smallest absolute Gasteiger partial charge is 0.416 e. The number of carbonyl (C=O) groups is 1. The summed E-state index contributed by atoms with van der Waals surface area (Å²) in [4.78, 5) is 27.3. The zero-order valence-electron chi connectivity index (χ0n) is 19.7. The summed E-state index contributed by atoms with van der Waals surface area (Å²) in [6.07, 6.45) is -3.09. The van der Waals surface area contributed by atoms with Crippen LogP contribution in [0.4, 0.5) is 30.2 Å². The van der Waals surface area contributed by atoms with Gasteiger partial charge in [-0.05, 0) is 76.1 Å². The van der Waals surface area contributed by atoms with E-state index in [9.17, 15) is 28.1 Å². The molecule has 0 radical (unpaired) electrons.